The summed E-state index contributed by atoms with van der Waals surface area (Å²) in [7, 11) is -3.59. The van der Waals surface area contributed by atoms with Gasteiger partial charge in [-0.2, -0.15) is 4.31 Å². The van der Waals surface area contributed by atoms with Crippen molar-refractivity contribution in [2.75, 3.05) is 19.6 Å². The van der Waals surface area contributed by atoms with Gasteiger partial charge in [-0.1, -0.05) is 24.1 Å². The van der Waals surface area contributed by atoms with Crippen molar-refractivity contribution in [2.24, 2.45) is 0 Å². The lowest BCUT2D eigenvalue weighted by molar-refractivity contribution is 0.0954. The van der Waals surface area contributed by atoms with Crippen molar-refractivity contribution < 1.29 is 13.2 Å². The molecule has 5 nitrogen and oxygen atoms in total. The van der Waals surface area contributed by atoms with Crippen LogP contribution in [0, 0.1) is 0 Å². The molecular weight excluding hydrogens is 392 g/mol. The van der Waals surface area contributed by atoms with E-state index in [0.717, 1.165) is 25.7 Å². The lowest BCUT2D eigenvalue weighted by Gasteiger charge is -2.26. The van der Waals surface area contributed by atoms with E-state index in [0.29, 0.717) is 19.6 Å². The predicted octanol–water partition coefficient (Wildman–Crippen LogP) is 3.55. The van der Waals surface area contributed by atoms with E-state index < -0.39 is 10.0 Å². The van der Waals surface area contributed by atoms with Crippen LogP contribution in [0.4, 0.5) is 0 Å². The summed E-state index contributed by atoms with van der Waals surface area (Å²) in [6.45, 7) is 1.51. The molecule has 0 saturated carbocycles. The van der Waals surface area contributed by atoms with Gasteiger partial charge in [-0.05, 0) is 48.9 Å². The third-order valence-corrected chi connectivity index (χ3v) is 7.53. The molecule has 1 aliphatic rings. The summed E-state index contributed by atoms with van der Waals surface area (Å²) < 4.78 is 27.1. The van der Waals surface area contributed by atoms with Crippen LogP contribution in [0.5, 0.6) is 0 Å². The van der Waals surface area contributed by atoms with Gasteiger partial charge in [0.15, 0.2) is 0 Å². The van der Waals surface area contributed by atoms with E-state index in [1.807, 2.05) is 17.5 Å². The van der Waals surface area contributed by atoms with Gasteiger partial charge in [0.1, 0.15) is 0 Å². The number of amides is 1. The Morgan fingerprint density at radius 2 is 1.96 bits per heavy atom. The number of nitrogens with one attached hydrogen (secondary N) is 1. The number of halogens is 1. The highest BCUT2D eigenvalue weighted by Crippen LogP contribution is 2.25. The van der Waals surface area contributed by atoms with E-state index in [2.05, 4.69) is 5.32 Å². The molecule has 1 aromatic heterocycles. The Bertz CT molecular complexity index is 861. The first-order chi connectivity index (χ1) is 12.5. The topological polar surface area (TPSA) is 66.5 Å². The molecule has 1 saturated heterocycles. The standard InChI is InChI=1S/C18H21ClN2O3S2/c19-17-7-6-15(26(23,24)21-10-2-1-3-11-21)13-16(17)18(22)20-9-8-14-5-4-12-25-14/h4-7,12-13H,1-3,8-11H2,(H,20,22). The molecule has 1 amide bonds. The van der Waals surface area contributed by atoms with Gasteiger partial charge in [0, 0.05) is 24.5 Å². The molecule has 3 rings (SSSR count). The minimum Gasteiger partial charge on any atom is -0.352 e. The number of nitrogens with zero attached hydrogens (tertiary/aromatic N) is 1. The van der Waals surface area contributed by atoms with Crippen LogP contribution in [0.15, 0.2) is 40.6 Å². The Hall–Kier alpha value is -1.41. The highest BCUT2D eigenvalue weighted by atomic mass is 35.5. The Balaban J connectivity index is 1.73. The summed E-state index contributed by atoms with van der Waals surface area (Å²) in [5, 5.41) is 5.05. The zero-order chi connectivity index (χ0) is 18.6. The zero-order valence-electron chi connectivity index (χ0n) is 14.3. The molecule has 0 aliphatic carbocycles. The molecule has 1 aromatic carbocycles. The average molecular weight is 413 g/mol. The van der Waals surface area contributed by atoms with E-state index in [-0.39, 0.29) is 21.4 Å². The Morgan fingerprint density at radius 1 is 1.19 bits per heavy atom. The fraction of sp³-hybridized carbons (Fsp3) is 0.389. The summed E-state index contributed by atoms with van der Waals surface area (Å²) in [5.41, 5.74) is 0.191. The number of carbonyl (C=O) groups is 1. The molecule has 26 heavy (non-hydrogen) atoms. The molecule has 1 aliphatic heterocycles. The summed E-state index contributed by atoms with van der Waals surface area (Å²) >= 11 is 7.77. The van der Waals surface area contributed by atoms with Crippen LogP contribution < -0.4 is 5.32 Å². The van der Waals surface area contributed by atoms with Crippen molar-refractivity contribution in [3.8, 4) is 0 Å². The van der Waals surface area contributed by atoms with E-state index in [4.69, 9.17) is 11.6 Å². The summed E-state index contributed by atoms with van der Waals surface area (Å²) in [4.78, 5) is 13.7. The maximum absolute atomic E-state index is 12.8. The second kappa shape index (κ2) is 8.52. The smallest absolute Gasteiger partial charge is 0.252 e. The highest BCUT2D eigenvalue weighted by Gasteiger charge is 2.27. The third-order valence-electron chi connectivity index (χ3n) is 4.37. The molecule has 2 heterocycles. The molecule has 1 N–H and O–H groups in total. The number of piperidine rings is 1. The van der Waals surface area contributed by atoms with Crippen LogP contribution in [0.25, 0.3) is 0 Å². The number of sulfonamides is 1. The minimum atomic E-state index is -3.59. The number of thiophene rings is 1. The molecule has 1 fully saturated rings. The molecule has 2 aromatic rings. The average Bonchev–Trinajstić information content (AvgIpc) is 3.16. The Kier molecular flexibility index (Phi) is 6.34. The lowest BCUT2D eigenvalue weighted by atomic mass is 10.2. The van der Waals surface area contributed by atoms with Gasteiger partial charge in [0.05, 0.1) is 15.5 Å². The van der Waals surface area contributed by atoms with E-state index in [9.17, 15) is 13.2 Å². The van der Waals surface area contributed by atoms with Crippen molar-refractivity contribution in [1.29, 1.82) is 0 Å². The van der Waals surface area contributed by atoms with Crippen LogP contribution in [-0.4, -0.2) is 38.3 Å². The highest BCUT2D eigenvalue weighted by molar-refractivity contribution is 7.89. The number of hydrogen-bond acceptors (Lipinski definition) is 4. The molecular formula is C18H21ClN2O3S2. The van der Waals surface area contributed by atoms with Crippen LogP contribution in [0.1, 0.15) is 34.5 Å². The van der Waals surface area contributed by atoms with Crippen LogP contribution in [0.2, 0.25) is 5.02 Å². The molecule has 8 heteroatoms. The molecule has 0 radical (unpaired) electrons. The van der Waals surface area contributed by atoms with Gasteiger partial charge in [0.25, 0.3) is 5.91 Å². The first-order valence-corrected chi connectivity index (χ1v) is 11.3. The van der Waals surface area contributed by atoms with Crippen LogP contribution in [0.3, 0.4) is 0 Å². The van der Waals surface area contributed by atoms with Crippen molar-refractivity contribution >= 4 is 38.9 Å². The first kappa shape index (κ1) is 19.4. The second-order valence-corrected chi connectivity index (χ2v) is 9.57. The van der Waals surface area contributed by atoms with E-state index in [1.54, 1.807) is 11.3 Å². The second-order valence-electron chi connectivity index (χ2n) is 6.19. The maximum atomic E-state index is 12.8. The monoisotopic (exact) mass is 412 g/mol. The minimum absolute atomic E-state index is 0.118. The van der Waals surface area contributed by atoms with Crippen molar-refractivity contribution in [1.82, 2.24) is 9.62 Å². The summed E-state index contributed by atoms with van der Waals surface area (Å²) in [6, 6.07) is 8.30. The molecule has 0 bridgehead atoms. The molecule has 0 unspecified atom stereocenters. The summed E-state index contributed by atoms with van der Waals surface area (Å²) in [6.07, 6.45) is 3.50. The number of carbonyl (C=O) groups excluding carboxylic acids is 1. The fourth-order valence-electron chi connectivity index (χ4n) is 2.94. The predicted molar refractivity (Wildman–Crippen MR) is 104 cm³/mol. The third kappa shape index (κ3) is 4.46. The first-order valence-electron chi connectivity index (χ1n) is 8.59. The maximum Gasteiger partial charge on any atom is 0.252 e. The van der Waals surface area contributed by atoms with Crippen LogP contribution in [-0.2, 0) is 16.4 Å². The van der Waals surface area contributed by atoms with Gasteiger partial charge in [-0.25, -0.2) is 8.42 Å². The van der Waals surface area contributed by atoms with E-state index >= 15 is 0 Å². The van der Waals surface area contributed by atoms with Gasteiger partial charge >= 0.3 is 0 Å². The number of hydrogen-bond donors (Lipinski definition) is 1. The SMILES string of the molecule is O=C(NCCc1cccs1)c1cc(S(=O)(=O)N2CCCCC2)ccc1Cl. The Labute approximate surface area is 163 Å². The molecule has 140 valence electrons. The van der Waals surface area contributed by atoms with Crippen molar-refractivity contribution in [3.63, 3.8) is 0 Å². The quantitative estimate of drug-likeness (QED) is 0.788. The lowest BCUT2D eigenvalue weighted by Crippen LogP contribution is -2.35. The number of rotatable bonds is 6. The van der Waals surface area contributed by atoms with Gasteiger partial charge in [0.2, 0.25) is 10.0 Å². The van der Waals surface area contributed by atoms with Gasteiger partial charge in [-0.3, -0.25) is 4.79 Å². The number of benzene rings is 1. The Morgan fingerprint density at radius 3 is 2.65 bits per heavy atom. The van der Waals surface area contributed by atoms with Gasteiger partial charge < -0.3 is 5.32 Å². The van der Waals surface area contributed by atoms with Crippen LogP contribution >= 0.6 is 22.9 Å². The zero-order valence-corrected chi connectivity index (χ0v) is 16.7. The molecule has 0 atom stereocenters. The van der Waals surface area contributed by atoms with Gasteiger partial charge in [-0.15, -0.1) is 11.3 Å². The largest absolute Gasteiger partial charge is 0.352 e. The van der Waals surface area contributed by atoms with E-state index in [1.165, 1.54) is 27.4 Å². The summed E-state index contributed by atoms with van der Waals surface area (Å²) in [5.74, 6) is -0.359. The fourth-order valence-corrected chi connectivity index (χ4v) is 5.40. The molecule has 0 spiro atoms. The normalized spacial score (nSPS) is 15.7. The van der Waals surface area contributed by atoms with Crippen molar-refractivity contribution in [3.05, 3.63) is 51.2 Å². The van der Waals surface area contributed by atoms with Crippen molar-refractivity contribution in [2.45, 2.75) is 30.6 Å².